The minimum Gasteiger partial charge on any atom is -0.497 e. The second kappa shape index (κ2) is 12.6. The molecule has 6 rings (SSSR count). The van der Waals surface area contributed by atoms with Gasteiger partial charge in [0.2, 0.25) is 0 Å². The number of nitrogens with zero attached hydrogens (tertiary/aromatic N) is 5. The number of hydrogen-bond donors (Lipinski definition) is 1. The van der Waals surface area contributed by atoms with Gasteiger partial charge in [0.1, 0.15) is 17.3 Å². The Hall–Kier alpha value is -5.57. The van der Waals surface area contributed by atoms with Crippen molar-refractivity contribution in [3.05, 3.63) is 138 Å². The zero-order valence-corrected chi connectivity index (χ0v) is 27.2. The third-order valence-electron chi connectivity index (χ3n) is 7.25. The fourth-order valence-electron chi connectivity index (χ4n) is 4.95. The molecule has 1 aliphatic rings. The van der Waals surface area contributed by atoms with Gasteiger partial charge in [-0.25, -0.2) is 18.4 Å². The normalized spacial score (nSPS) is 14.0. The molecular formula is C32H22Cl2N6O7S. The first-order chi connectivity index (χ1) is 22.9. The molecule has 0 saturated carbocycles. The molecule has 0 spiro atoms. The fourth-order valence-corrected chi connectivity index (χ4v) is 6.76. The molecule has 0 unspecified atom stereocenters. The standard InChI is InChI=1S/C32H22Cl2N6O7S/c1-18-35-27-13-12-23(48(45,46)37-29-25(33)15-21(40(43)44)16-26(29)34)17-24(27)31(41)38(18)39-30(20-6-4-3-5-7-20)36-28(32(39)42)14-19-8-10-22(47-2)11-9-19/h3-17,37H,1-2H3/b28-14-. The number of aromatic nitrogens is 2. The summed E-state index contributed by atoms with van der Waals surface area (Å²) in [5.74, 6) is 0.293. The van der Waals surface area contributed by atoms with E-state index in [4.69, 9.17) is 27.9 Å². The van der Waals surface area contributed by atoms with Crippen LogP contribution in [0, 0.1) is 17.0 Å². The predicted octanol–water partition coefficient (Wildman–Crippen LogP) is 5.70. The number of ether oxygens (including phenoxy) is 1. The topological polar surface area (TPSA) is 166 Å². The van der Waals surface area contributed by atoms with Gasteiger partial charge in [-0.15, -0.1) is 0 Å². The quantitative estimate of drug-likeness (QED) is 0.122. The molecule has 0 fully saturated rings. The van der Waals surface area contributed by atoms with Gasteiger partial charge < -0.3 is 4.74 Å². The van der Waals surface area contributed by atoms with Gasteiger partial charge in [-0.2, -0.15) is 9.69 Å². The number of amides is 1. The zero-order valence-electron chi connectivity index (χ0n) is 24.9. The van der Waals surface area contributed by atoms with E-state index in [0.717, 1.165) is 27.9 Å². The molecule has 4 aromatic carbocycles. The molecule has 0 radical (unpaired) electrons. The number of nitrogens with one attached hydrogen (secondary N) is 1. The van der Waals surface area contributed by atoms with Gasteiger partial charge in [-0.05, 0) is 48.9 Å². The summed E-state index contributed by atoms with van der Waals surface area (Å²) in [6.07, 6.45) is 1.57. The average Bonchev–Trinajstić information content (AvgIpc) is 3.38. The Bertz CT molecular complexity index is 2360. The number of fused-ring (bicyclic) bond motifs is 1. The maximum absolute atomic E-state index is 14.2. The first-order valence-corrected chi connectivity index (χ1v) is 16.2. The molecule has 5 aromatic rings. The number of carbonyl (C=O) groups is 1. The lowest BCUT2D eigenvalue weighted by molar-refractivity contribution is -0.384. The van der Waals surface area contributed by atoms with Crippen LogP contribution in [0.5, 0.6) is 5.75 Å². The lowest BCUT2D eigenvalue weighted by Gasteiger charge is -2.22. The molecule has 1 aliphatic heterocycles. The first-order valence-electron chi connectivity index (χ1n) is 13.9. The first kappa shape index (κ1) is 32.4. The number of nitro groups is 1. The van der Waals surface area contributed by atoms with Crippen LogP contribution in [0.15, 0.2) is 105 Å². The highest BCUT2D eigenvalue weighted by atomic mass is 35.5. The molecule has 1 N–H and O–H groups in total. The van der Waals surface area contributed by atoms with Crippen molar-refractivity contribution >= 4 is 73.3 Å². The van der Waals surface area contributed by atoms with Crippen molar-refractivity contribution in [3.63, 3.8) is 0 Å². The molecule has 16 heteroatoms. The summed E-state index contributed by atoms with van der Waals surface area (Å²) in [4.78, 5) is 47.3. The van der Waals surface area contributed by atoms with Crippen LogP contribution >= 0.6 is 23.2 Å². The number of halogens is 2. The number of methoxy groups -OCH3 is 1. The van der Waals surface area contributed by atoms with Crippen LogP contribution in [-0.4, -0.2) is 41.9 Å². The summed E-state index contributed by atoms with van der Waals surface area (Å²) < 4.78 is 35.4. The van der Waals surface area contributed by atoms with Crippen LogP contribution < -0.4 is 20.0 Å². The van der Waals surface area contributed by atoms with Crippen molar-refractivity contribution in [1.29, 1.82) is 0 Å². The average molecular weight is 706 g/mol. The van der Waals surface area contributed by atoms with E-state index in [0.29, 0.717) is 16.9 Å². The van der Waals surface area contributed by atoms with Crippen molar-refractivity contribution in [1.82, 2.24) is 9.66 Å². The van der Waals surface area contributed by atoms with Gasteiger partial charge in [0, 0.05) is 17.7 Å². The molecule has 0 bridgehead atoms. The van der Waals surface area contributed by atoms with E-state index in [1.807, 2.05) is 0 Å². The summed E-state index contributed by atoms with van der Waals surface area (Å²) in [5.41, 5.74) is -0.0610. The third-order valence-corrected chi connectivity index (χ3v) is 9.20. The number of aliphatic imine (C=N–C) groups is 1. The number of nitro benzene ring substituents is 1. The van der Waals surface area contributed by atoms with Gasteiger partial charge in [-0.3, -0.25) is 24.4 Å². The number of benzene rings is 4. The number of rotatable bonds is 8. The molecule has 0 aliphatic carbocycles. The highest BCUT2D eigenvalue weighted by Gasteiger charge is 2.35. The van der Waals surface area contributed by atoms with E-state index in [9.17, 15) is 28.1 Å². The molecule has 48 heavy (non-hydrogen) atoms. The summed E-state index contributed by atoms with van der Waals surface area (Å²) in [5, 5.41) is 11.5. The van der Waals surface area contributed by atoms with Crippen LogP contribution in [-0.2, 0) is 14.8 Å². The van der Waals surface area contributed by atoms with Crippen LogP contribution in [0.4, 0.5) is 11.4 Å². The van der Waals surface area contributed by atoms with Crippen LogP contribution in [0.25, 0.3) is 17.0 Å². The number of carbonyl (C=O) groups excluding carboxylic acids is 1. The molecule has 1 aromatic heterocycles. The highest BCUT2D eigenvalue weighted by Crippen LogP contribution is 2.36. The van der Waals surface area contributed by atoms with E-state index in [-0.39, 0.29) is 48.9 Å². The van der Waals surface area contributed by atoms with Crippen molar-refractivity contribution in [2.45, 2.75) is 11.8 Å². The van der Waals surface area contributed by atoms with Crippen molar-refractivity contribution < 1.29 is 22.9 Å². The maximum Gasteiger partial charge on any atom is 0.297 e. The molecule has 2 heterocycles. The smallest absolute Gasteiger partial charge is 0.297 e. The SMILES string of the molecule is COc1ccc(/C=C2\N=C(c3ccccc3)N(n3c(C)nc4ccc(S(=O)(=O)Nc5c(Cl)cc([N+](=O)[O-])cc5Cl)cc4c3=O)C2=O)cc1. The van der Waals surface area contributed by atoms with Crippen molar-refractivity contribution in [3.8, 4) is 5.75 Å². The van der Waals surface area contributed by atoms with E-state index >= 15 is 0 Å². The maximum atomic E-state index is 14.2. The number of sulfonamides is 1. The molecule has 1 amide bonds. The van der Waals surface area contributed by atoms with E-state index < -0.39 is 32.1 Å². The van der Waals surface area contributed by atoms with E-state index in [1.165, 1.54) is 19.1 Å². The Morgan fingerprint density at radius 2 is 1.62 bits per heavy atom. The van der Waals surface area contributed by atoms with Gasteiger partial charge in [0.15, 0.2) is 5.84 Å². The lowest BCUT2D eigenvalue weighted by atomic mass is 10.2. The summed E-state index contributed by atoms with van der Waals surface area (Å²) in [6.45, 7) is 1.53. The molecule has 0 saturated heterocycles. The van der Waals surface area contributed by atoms with E-state index in [2.05, 4.69) is 14.7 Å². The third kappa shape index (κ3) is 5.99. The second-order valence-corrected chi connectivity index (χ2v) is 12.8. The molecule has 0 atom stereocenters. The van der Waals surface area contributed by atoms with E-state index in [1.54, 1.807) is 67.8 Å². The molecule has 242 valence electrons. The number of non-ortho nitro benzene ring substituents is 1. The van der Waals surface area contributed by atoms with Crippen LogP contribution in [0.1, 0.15) is 17.0 Å². The van der Waals surface area contributed by atoms with Gasteiger partial charge in [0.05, 0.1) is 43.6 Å². The van der Waals surface area contributed by atoms with Gasteiger partial charge in [0.25, 0.3) is 27.2 Å². The Kier molecular flexibility index (Phi) is 8.47. The lowest BCUT2D eigenvalue weighted by Crippen LogP contribution is -2.49. The second-order valence-electron chi connectivity index (χ2n) is 10.3. The Morgan fingerprint density at radius 3 is 2.25 bits per heavy atom. The zero-order chi connectivity index (χ0) is 34.3. The fraction of sp³-hybridized carbons (Fsp3) is 0.0625. The largest absolute Gasteiger partial charge is 0.497 e. The highest BCUT2D eigenvalue weighted by molar-refractivity contribution is 7.92. The summed E-state index contributed by atoms with van der Waals surface area (Å²) in [6, 6.07) is 21.3. The monoisotopic (exact) mass is 704 g/mol. The predicted molar refractivity (Wildman–Crippen MR) is 182 cm³/mol. The molecular weight excluding hydrogens is 683 g/mol. The molecule has 13 nitrogen and oxygen atoms in total. The Labute approximate surface area is 282 Å². The number of hydrogen-bond acceptors (Lipinski definition) is 9. The summed E-state index contributed by atoms with van der Waals surface area (Å²) in [7, 11) is -2.90. The van der Waals surface area contributed by atoms with Gasteiger partial charge in [-0.1, -0.05) is 65.7 Å². The Morgan fingerprint density at radius 1 is 0.958 bits per heavy atom. The summed E-state index contributed by atoms with van der Waals surface area (Å²) >= 11 is 12.2. The van der Waals surface area contributed by atoms with Gasteiger partial charge >= 0.3 is 0 Å². The minimum absolute atomic E-state index is 0.0443. The number of aryl methyl sites for hydroxylation is 1. The van der Waals surface area contributed by atoms with Crippen LogP contribution in [0.3, 0.4) is 0 Å². The van der Waals surface area contributed by atoms with Crippen molar-refractivity contribution in [2.24, 2.45) is 4.99 Å². The van der Waals surface area contributed by atoms with Crippen LogP contribution in [0.2, 0.25) is 10.0 Å². The number of anilines is 1. The number of amidine groups is 1. The Balaban J connectivity index is 1.45. The van der Waals surface area contributed by atoms with Crippen molar-refractivity contribution in [2.75, 3.05) is 16.8 Å². The minimum atomic E-state index is -4.44.